The molecule has 0 unspecified atom stereocenters. The molecule has 1 aromatic heterocycles. The van der Waals surface area contributed by atoms with Gasteiger partial charge in [-0.1, -0.05) is 30.3 Å². The highest BCUT2D eigenvalue weighted by molar-refractivity contribution is 5.96. The minimum absolute atomic E-state index is 0.00798. The van der Waals surface area contributed by atoms with Crippen LogP contribution in [0.1, 0.15) is 41.0 Å². The molecule has 2 amide bonds. The average molecular weight is 663 g/mol. The molecule has 0 bridgehead atoms. The molecule has 0 saturated heterocycles. The van der Waals surface area contributed by atoms with Gasteiger partial charge in [0.1, 0.15) is 46.3 Å². The molecule has 6 rings (SSSR count). The smallest absolute Gasteiger partial charge is 0.494 e. The molecule has 0 fully saturated rings. The lowest BCUT2D eigenvalue weighted by molar-refractivity contribution is -0.286. The summed E-state index contributed by atoms with van der Waals surface area (Å²) in [5.41, 5.74) is 10.00. The Balaban J connectivity index is 1.47. The van der Waals surface area contributed by atoms with Crippen molar-refractivity contribution in [1.29, 1.82) is 0 Å². The Hall–Kier alpha value is -5.63. The SMILES string of the molecule is CCOc1cc(C(=O)NC[C@@](O)(c2ccccc2)c2cc3c(c(-c4ccc5c(c4)OC(F)(F)O5)n2)OC[C@]3(C)C(N)=O)cc(OC)c1N. The van der Waals surface area contributed by atoms with E-state index in [-0.39, 0.29) is 70.2 Å². The van der Waals surface area contributed by atoms with E-state index in [1.54, 1.807) is 44.2 Å². The van der Waals surface area contributed by atoms with Crippen molar-refractivity contribution in [3.05, 3.63) is 89.1 Å². The standard InChI is InChI=1S/C34H32F2N4O8/c1-4-45-25-14-19(13-24(44-3)27(25)37)30(41)39-16-33(43,20-8-6-5-7-9-20)26-15-21-29(46-17-32(21,2)31(38)42)28(40-26)18-10-11-22-23(12-18)48-34(35,36)47-22/h5-15,43H,4,16-17,37H2,1-3H3,(H2,38,42)(H,39,41)/t32-,33+/m0/s1. The molecule has 6 N–H and O–H groups in total. The van der Waals surface area contributed by atoms with Gasteiger partial charge in [-0.2, -0.15) is 0 Å². The number of aromatic nitrogens is 1. The van der Waals surface area contributed by atoms with E-state index in [1.807, 2.05) is 0 Å². The zero-order chi connectivity index (χ0) is 34.4. The van der Waals surface area contributed by atoms with Gasteiger partial charge in [-0.05, 0) is 55.8 Å². The Bertz CT molecular complexity index is 1930. The summed E-state index contributed by atoms with van der Waals surface area (Å²) < 4.78 is 53.8. The number of primary amides is 1. The van der Waals surface area contributed by atoms with Gasteiger partial charge in [-0.15, -0.1) is 8.78 Å². The molecular weight excluding hydrogens is 630 g/mol. The molecule has 0 radical (unpaired) electrons. The third-order valence-corrected chi connectivity index (χ3v) is 8.36. The number of nitrogens with one attached hydrogen (secondary N) is 1. The van der Waals surface area contributed by atoms with Crippen LogP contribution in [0.3, 0.4) is 0 Å². The van der Waals surface area contributed by atoms with E-state index in [2.05, 4.69) is 14.8 Å². The third kappa shape index (κ3) is 5.53. The number of halogens is 2. The molecule has 2 aliphatic heterocycles. The van der Waals surface area contributed by atoms with E-state index in [0.29, 0.717) is 11.1 Å². The highest BCUT2D eigenvalue weighted by atomic mass is 19.3. The first-order valence-electron chi connectivity index (χ1n) is 14.8. The number of aliphatic hydroxyl groups is 1. The number of benzene rings is 3. The Kier molecular flexibility index (Phi) is 7.99. The highest BCUT2D eigenvalue weighted by Gasteiger charge is 2.47. The number of amides is 2. The summed E-state index contributed by atoms with van der Waals surface area (Å²) in [6, 6.07) is 16.9. The molecule has 0 spiro atoms. The molecule has 3 heterocycles. The minimum atomic E-state index is -3.86. The largest absolute Gasteiger partial charge is 0.586 e. The van der Waals surface area contributed by atoms with E-state index in [9.17, 15) is 23.5 Å². The number of carbonyl (C=O) groups excluding carboxylic acids is 2. The summed E-state index contributed by atoms with van der Waals surface area (Å²) in [7, 11) is 1.41. The van der Waals surface area contributed by atoms with Crippen molar-refractivity contribution in [2.45, 2.75) is 31.2 Å². The first kappa shape index (κ1) is 32.3. The van der Waals surface area contributed by atoms with Crippen molar-refractivity contribution >= 4 is 17.5 Å². The summed E-state index contributed by atoms with van der Waals surface area (Å²) in [5.74, 6) is -1.08. The predicted molar refractivity (Wildman–Crippen MR) is 168 cm³/mol. The van der Waals surface area contributed by atoms with Crippen LogP contribution in [0.2, 0.25) is 0 Å². The zero-order valence-electron chi connectivity index (χ0n) is 26.1. The first-order valence-corrected chi connectivity index (χ1v) is 14.8. The third-order valence-electron chi connectivity index (χ3n) is 8.36. The van der Waals surface area contributed by atoms with Crippen molar-refractivity contribution in [3.63, 3.8) is 0 Å². The summed E-state index contributed by atoms with van der Waals surface area (Å²) in [6.07, 6.45) is -3.86. The van der Waals surface area contributed by atoms with Crippen LogP contribution in [-0.4, -0.2) is 55.1 Å². The van der Waals surface area contributed by atoms with Crippen molar-refractivity contribution in [2.75, 3.05) is 32.6 Å². The fourth-order valence-electron chi connectivity index (χ4n) is 5.63. The summed E-state index contributed by atoms with van der Waals surface area (Å²) in [5, 5.41) is 15.3. The second kappa shape index (κ2) is 11.9. The summed E-state index contributed by atoms with van der Waals surface area (Å²) >= 11 is 0. The number of hydrogen-bond acceptors (Lipinski definition) is 10. The number of fused-ring (bicyclic) bond motifs is 2. The molecule has 250 valence electrons. The maximum Gasteiger partial charge on any atom is 0.586 e. The highest BCUT2D eigenvalue weighted by Crippen LogP contribution is 2.49. The quantitative estimate of drug-likeness (QED) is 0.182. The number of carbonyl (C=O) groups is 2. The zero-order valence-corrected chi connectivity index (χ0v) is 26.1. The molecule has 12 nitrogen and oxygen atoms in total. The molecule has 14 heteroatoms. The normalized spacial score (nSPS) is 18.3. The van der Waals surface area contributed by atoms with E-state index >= 15 is 0 Å². The number of methoxy groups -OCH3 is 1. The minimum Gasteiger partial charge on any atom is -0.494 e. The molecule has 3 aromatic carbocycles. The lowest BCUT2D eigenvalue weighted by atomic mass is 9.80. The summed E-state index contributed by atoms with van der Waals surface area (Å²) in [4.78, 5) is 31.1. The lowest BCUT2D eigenvalue weighted by Gasteiger charge is -2.30. The number of nitrogens with two attached hydrogens (primary N) is 2. The number of nitrogens with zero attached hydrogens (tertiary/aromatic N) is 1. The molecule has 0 saturated carbocycles. The number of anilines is 1. The van der Waals surface area contributed by atoms with Crippen LogP contribution >= 0.6 is 0 Å². The second-order valence-corrected chi connectivity index (χ2v) is 11.5. The van der Waals surface area contributed by atoms with Gasteiger partial charge >= 0.3 is 6.29 Å². The molecular formula is C34H32F2N4O8. The Morgan fingerprint density at radius 3 is 2.46 bits per heavy atom. The average Bonchev–Trinajstić information content (AvgIpc) is 3.59. The van der Waals surface area contributed by atoms with E-state index in [4.69, 9.17) is 30.7 Å². The van der Waals surface area contributed by atoms with Crippen LogP contribution in [-0.2, 0) is 15.8 Å². The maximum absolute atomic E-state index is 13.9. The Morgan fingerprint density at radius 1 is 1.06 bits per heavy atom. The number of nitrogen functional groups attached to an aromatic ring is 1. The Morgan fingerprint density at radius 2 is 1.77 bits per heavy atom. The predicted octanol–water partition coefficient (Wildman–Crippen LogP) is 3.86. The van der Waals surface area contributed by atoms with Crippen molar-refractivity contribution in [3.8, 4) is 40.0 Å². The number of ether oxygens (including phenoxy) is 5. The van der Waals surface area contributed by atoms with Gasteiger partial charge in [0.25, 0.3) is 5.91 Å². The van der Waals surface area contributed by atoms with Gasteiger partial charge in [-0.25, -0.2) is 4.98 Å². The van der Waals surface area contributed by atoms with E-state index in [0.717, 1.165) is 0 Å². The maximum atomic E-state index is 13.9. The van der Waals surface area contributed by atoms with E-state index < -0.39 is 35.7 Å². The molecule has 48 heavy (non-hydrogen) atoms. The van der Waals surface area contributed by atoms with Crippen LogP contribution in [0.25, 0.3) is 11.3 Å². The number of alkyl halides is 2. The van der Waals surface area contributed by atoms with E-state index in [1.165, 1.54) is 43.5 Å². The van der Waals surface area contributed by atoms with Gasteiger partial charge in [-0.3, -0.25) is 9.59 Å². The van der Waals surface area contributed by atoms with Gasteiger partial charge in [0.2, 0.25) is 5.91 Å². The fourth-order valence-corrected chi connectivity index (χ4v) is 5.63. The summed E-state index contributed by atoms with van der Waals surface area (Å²) in [6.45, 7) is 3.10. The van der Waals surface area contributed by atoms with Crippen LogP contribution < -0.4 is 40.5 Å². The van der Waals surface area contributed by atoms with Crippen molar-refractivity contribution in [1.82, 2.24) is 10.3 Å². The fraction of sp³-hybridized carbons (Fsp3) is 0.265. The molecule has 0 aliphatic carbocycles. The van der Waals surface area contributed by atoms with Crippen LogP contribution in [0.4, 0.5) is 14.5 Å². The number of hydrogen-bond donors (Lipinski definition) is 4. The van der Waals surface area contributed by atoms with Gasteiger partial charge in [0.05, 0.1) is 26.0 Å². The van der Waals surface area contributed by atoms with Crippen molar-refractivity contribution < 1.29 is 47.2 Å². The monoisotopic (exact) mass is 662 g/mol. The van der Waals surface area contributed by atoms with Crippen LogP contribution in [0, 0.1) is 0 Å². The van der Waals surface area contributed by atoms with Crippen molar-refractivity contribution in [2.24, 2.45) is 5.73 Å². The second-order valence-electron chi connectivity index (χ2n) is 11.5. The Labute approximate surface area is 273 Å². The van der Waals surface area contributed by atoms with Gasteiger partial charge < -0.3 is 45.6 Å². The molecule has 2 aliphatic rings. The molecule has 4 aromatic rings. The van der Waals surface area contributed by atoms with Crippen LogP contribution in [0.5, 0.6) is 28.7 Å². The number of rotatable bonds is 10. The lowest BCUT2D eigenvalue weighted by Crippen LogP contribution is -2.43. The van der Waals surface area contributed by atoms with Gasteiger partial charge in [0.15, 0.2) is 11.5 Å². The van der Waals surface area contributed by atoms with Gasteiger partial charge in [0, 0.05) is 16.7 Å². The number of pyridine rings is 1. The first-order chi connectivity index (χ1) is 22.8. The molecule has 2 atom stereocenters. The van der Waals surface area contributed by atoms with Crippen LogP contribution in [0.15, 0.2) is 66.7 Å². The topological polar surface area (TPSA) is 177 Å².